The Hall–Kier alpha value is -2.67. The van der Waals surface area contributed by atoms with Gasteiger partial charge in [0, 0.05) is 12.6 Å². The molecule has 5 nitrogen and oxygen atoms in total. The number of hydrogen-bond acceptors (Lipinski definition) is 5. The monoisotopic (exact) mass is 479 g/mol. The van der Waals surface area contributed by atoms with Gasteiger partial charge in [-0.3, -0.25) is 4.90 Å². The van der Waals surface area contributed by atoms with Crippen molar-refractivity contribution in [3.63, 3.8) is 0 Å². The normalized spacial score (nSPS) is 16.6. The molecule has 1 saturated heterocycles. The second kappa shape index (κ2) is 11.2. The van der Waals surface area contributed by atoms with Crippen LogP contribution in [0.1, 0.15) is 40.7 Å². The molecule has 0 bridgehead atoms. The van der Waals surface area contributed by atoms with Crippen molar-refractivity contribution in [1.82, 2.24) is 4.90 Å². The summed E-state index contributed by atoms with van der Waals surface area (Å²) in [6.45, 7) is 4.48. The Bertz CT molecular complexity index is 1180. The van der Waals surface area contributed by atoms with Crippen molar-refractivity contribution >= 4 is 9.84 Å². The smallest absolute Gasteiger partial charge is 0.158 e. The van der Waals surface area contributed by atoms with Crippen LogP contribution >= 0.6 is 0 Å². The van der Waals surface area contributed by atoms with E-state index in [-0.39, 0.29) is 24.2 Å². The Morgan fingerprint density at radius 1 is 0.912 bits per heavy atom. The quantitative estimate of drug-likeness (QED) is 0.459. The maximum Gasteiger partial charge on any atom is 0.158 e. The van der Waals surface area contributed by atoms with E-state index in [2.05, 4.69) is 29.2 Å². The molecular formula is C28H33NO4S. The third-order valence-corrected chi connectivity index (χ3v) is 7.80. The van der Waals surface area contributed by atoms with Crippen LogP contribution in [-0.2, 0) is 34.5 Å². The van der Waals surface area contributed by atoms with E-state index in [0.717, 1.165) is 48.2 Å². The second-order valence-electron chi connectivity index (χ2n) is 9.23. The minimum absolute atomic E-state index is 0.0139. The number of aryl methyl sites for hydroxylation is 1. The van der Waals surface area contributed by atoms with E-state index >= 15 is 0 Å². The topological polar surface area (TPSA) is 66.8 Å². The van der Waals surface area contributed by atoms with Crippen molar-refractivity contribution in [2.75, 3.05) is 13.2 Å². The SMILES string of the molecule is Cc1cc(CS(=O)(=O)Cc2ccccc2)cc(OCc2ccc(CN3CCC[C@@H]3CO)cc2)c1. The van der Waals surface area contributed by atoms with Gasteiger partial charge in [-0.15, -0.1) is 0 Å². The van der Waals surface area contributed by atoms with Crippen LogP contribution in [0.2, 0.25) is 0 Å². The molecular weight excluding hydrogens is 446 g/mol. The number of sulfone groups is 1. The number of rotatable bonds is 10. The maximum atomic E-state index is 12.7. The van der Waals surface area contributed by atoms with E-state index < -0.39 is 9.84 Å². The molecule has 0 radical (unpaired) electrons. The van der Waals surface area contributed by atoms with Crippen LogP contribution in [0.5, 0.6) is 5.75 Å². The molecule has 0 aromatic heterocycles. The predicted octanol–water partition coefficient (Wildman–Crippen LogP) is 4.65. The molecule has 0 amide bonds. The second-order valence-corrected chi connectivity index (χ2v) is 11.3. The number of likely N-dealkylation sites (tertiary alicyclic amines) is 1. The van der Waals surface area contributed by atoms with Gasteiger partial charge in [0.25, 0.3) is 0 Å². The van der Waals surface area contributed by atoms with Crippen LogP contribution < -0.4 is 4.74 Å². The zero-order chi connectivity index (χ0) is 24.0. The molecule has 6 heteroatoms. The lowest BCUT2D eigenvalue weighted by Gasteiger charge is -2.22. The lowest BCUT2D eigenvalue weighted by molar-refractivity contribution is 0.153. The Morgan fingerprint density at radius 2 is 1.62 bits per heavy atom. The van der Waals surface area contributed by atoms with E-state index in [0.29, 0.717) is 12.4 Å². The largest absolute Gasteiger partial charge is 0.489 e. The van der Waals surface area contributed by atoms with Crippen molar-refractivity contribution in [3.05, 3.63) is 101 Å². The maximum absolute atomic E-state index is 12.7. The first kappa shape index (κ1) is 24.5. The van der Waals surface area contributed by atoms with E-state index in [1.54, 1.807) is 0 Å². The lowest BCUT2D eigenvalue weighted by atomic mass is 10.1. The minimum atomic E-state index is -3.28. The Morgan fingerprint density at radius 3 is 2.35 bits per heavy atom. The third kappa shape index (κ3) is 6.92. The summed E-state index contributed by atoms with van der Waals surface area (Å²) in [5.74, 6) is 0.692. The molecule has 3 aromatic rings. The molecule has 1 aliphatic heterocycles. The fourth-order valence-corrected chi connectivity index (χ4v) is 6.05. The summed E-state index contributed by atoms with van der Waals surface area (Å²) < 4.78 is 31.4. The van der Waals surface area contributed by atoms with Crippen LogP contribution in [0.25, 0.3) is 0 Å². The van der Waals surface area contributed by atoms with E-state index in [9.17, 15) is 13.5 Å². The zero-order valence-corrected chi connectivity index (χ0v) is 20.5. The Kier molecular flexibility index (Phi) is 8.03. The summed E-state index contributed by atoms with van der Waals surface area (Å²) in [5, 5.41) is 9.51. The Balaban J connectivity index is 1.35. The van der Waals surface area contributed by atoms with Gasteiger partial charge in [-0.2, -0.15) is 0 Å². The molecule has 1 fully saturated rings. The van der Waals surface area contributed by atoms with Gasteiger partial charge >= 0.3 is 0 Å². The van der Waals surface area contributed by atoms with E-state index in [1.165, 1.54) is 5.56 Å². The van der Waals surface area contributed by atoms with Gasteiger partial charge in [0.05, 0.1) is 18.1 Å². The van der Waals surface area contributed by atoms with Gasteiger partial charge in [0.15, 0.2) is 9.84 Å². The van der Waals surface area contributed by atoms with E-state index in [1.807, 2.05) is 55.5 Å². The van der Waals surface area contributed by atoms with Crippen LogP contribution in [0.15, 0.2) is 72.8 Å². The fourth-order valence-electron chi connectivity index (χ4n) is 4.58. The molecule has 4 rings (SSSR count). The van der Waals surface area contributed by atoms with Crippen molar-refractivity contribution in [2.24, 2.45) is 0 Å². The molecule has 1 N–H and O–H groups in total. The summed E-state index contributed by atoms with van der Waals surface area (Å²) >= 11 is 0. The van der Waals surface area contributed by atoms with Gasteiger partial charge in [-0.1, -0.05) is 60.7 Å². The fraction of sp³-hybridized carbons (Fsp3) is 0.357. The number of hydrogen-bond donors (Lipinski definition) is 1. The summed E-state index contributed by atoms with van der Waals surface area (Å²) in [7, 11) is -3.28. The molecule has 0 saturated carbocycles. The van der Waals surface area contributed by atoms with E-state index in [4.69, 9.17) is 4.74 Å². The first-order chi connectivity index (χ1) is 16.4. The number of nitrogens with zero attached hydrogens (tertiary/aromatic N) is 1. The van der Waals surface area contributed by atoms with Crippen LogP contribution in [0.4, 0.5) is 0 Å². The molecule has 1 atom stereocenters. The standard InChI is InChI=1S/C28H33NO4S/c1-22-14-26(21-34(31,32)20-25-6-3-2-4-7-25)16-28(15-22)33-19-24-11-9-23(10-12-24)17-29-13-5-8-27(29)18-30/h2-4,6-7,9-12,14-16,27,30H,5,8,13,17-21H2,1H3/t27-/m1/s1. The molecule has 0 aliphatic carbocycles. The van der Waals surface area contributed by atoms with Crippen molar-refractivity contribution in [2.45, 2.75) is 50.5 Å². The highest BCUT2D eigenvalue weighted by Gasteiger charge is 2.23. The molecule has 1 heterocycles. The summed E-state index contributed by atoms with van der Waals surface area (Å²) in [6, 6.07) is 23.6. The van der Waals surface area contributed by atoms with Gasteiger partial charge in [0.2, 0.25) is 0 Å². The highest BCUT2D eigenvalue weighted by Crippen LogP contribution is 2.23. The van der Waals surface area contributed by atoms with Crippen molar-refractivity contribution in [3.8, 4) is 5.75 Å². The average Bonchev–Trinajstić information content (AvgIpc) is 3.25. The number of benzene rings is 3. The summed E-state index contributed by atoms with van der Waals surface area (Å²) in [4.78, 5) is 2.34. The van der Waals surface area contributed by atoms with Gasteiger partial charge in [-0.25, -0.2) is 8.42 Å². The summed E-state index contributed by atoms with van der Waals surface area (Å²) in [5.41, 5.74) is 4.80. The van der Waals surface area contributed by atoms with Gasteiger partial charge in [0.1, 0.15) is 12.4 Å². The van der Waals surface area contributed by atoms with Crippen LogP contribution in [-0.4, -0.2) is 37.6 Å². The molecule has 0 unspecified atom stereocenters. The molecule has 1 aliphatic rings. The third-order valence-electron chi connectivity index (χ3n) is 6.25. The highest BCUT2D eigenvalue weighted by atomic mass is 32.2. The molecule has 0 spiro atoms. The first-order valence-corrected chi connectivity index (χ1v) is 13.6. The Labute approximate surface area is 202 Å². The van der Waals surface area contributed by atoms with Crippen molar-refractivity contribution in [1.29, 1.82) is 0 Å². The van der Waals surface area contributed by atoms with Gasteiger partial charge < -0.3 is 9.84 Å². The molecule has 34 heavy (non-hydrogen) atoms. The van der Waals surface area contributed by atoms with Crippen LogP contribution in [0, 0.1) is 6.92 Å². The highest BCUT2D eigenvalue weighted by molar-refractivity contribution is 7.89. The number of aliphatic hydroxyl groups is 1. The lowest BCUT2D eigenvalue weighted by Crippen LogP contribution is -2.31. The molecule has 3 aromatic carbocycles. The number of ether oxygens (including phenoxy) is 1. The minimum Gasteiger partial charge on any atom is -0.489 e. The van der Waals surface area contributed by atoms with Crippen LogP contribution in [0.3, 0.4) is 0 Å². The predicted molar refractivity (Wildman–Crippen MR) is 135 cm³/mol. The van der Waals surface area contributed by atoms with Gasteiger partial charge in [-0.05, 0) is 66.3 Å². The molecule has 180 valence electrons. The van der Waals surface area contributed by atoms with Crippen molar-refractivity contribution < 1.29 is 18.3 Å². The first-order valence-electron chi connectivity index (χ1n) is 11.8. The zero-order valence-electron chi connectivity index (χ0n) is 19.7. The average molecular weight is 480 g/mol. The summed E-state index contributed by atoms with van der Waals surface area (Å²) in [6.07, 6.45) is 2.21. The number of aliphatic hydroxyl groups excluding tert-OH is 1.